The van der Waals surface area contributed by atoms with Crippen LogP contribution in [0.25, 0.3) is 22.5 Å². The fraction of sp³-hybridized carbons (Fsp3) is 0.200. The molecule has 29 heavy (non-hydrogen) atoms. The third-order valence-corrected chi connectivity index (χ3v) is 6.45. The van der Waals surface area contributed by atoms with Crippen molar-refractivity contribution in [2.24, 2.45) is 5.14 Å². The van der Waals surface area contributed by atoms with E-state index < -0.39 is 10.0 Å². The van der Waals surface area contributed by atoms with Gasteiger partial charge in [0.2, 0.25) is 15.9 Å². The summed E-state index contributed by atoms with van der Waals surface area (Å²) in [5.41, 5.74) is 4.39. The Bertz CT molecular complexity index is 1280. The molecule has 7 nitrogen and oxygen atoms in total. The molecule has 9 heteroatoms. The van der Waals surface area contributed by atoms with Crippen molar-refractivity contribution in [3.05, 3.63) is 60.0 Å². The van der Waals surface area contributed by atoms with Gasteiger partial charge in [0.1, 0.15) is 6.26 Å². The van der Waals surface area contributed by atoms with Crippen LogP contribution in [0.5, 0.6) is 0 Å². The van der Waals surface area contributed by atoms with Crippen LogP contribution in [0.15, 0.2) is 63.2 Å². The maximum Gasteiger partial charge on any atom is 0.238 e. The zero-order chi connectivity index (χ0) is 20.6. The van der Waals surface area contributed by atoms with Crippen molar-refractivity contribution >= 4 is 32.8 Å². The lowest BCUT2D eigenvalue weighted by molar-refractivity contribution is 0.573. The number of primary sulfonamides is 1. The molecule has 0 unspecified atom stereocenters. The molecule has 2 N–H and O–H groups in total. The van der Waals surface area contributed by atoms with Gasteiger partial charge in [-0.3, -0.25) is 0 Å². The first-order valence-electron chi connectivity index (χ1n) is 9.02. The van der Waals surface area contributed by atoms with Gasteiger partial charge in [0.15, 0.2) is 5.16 Å². The van der Waals surface area contributed by atoms with Crippen LogP contribution in [0.3, 0.4) is 0 Å². The van der Waals surface area contributed by atoms with E-state index in [0.717, 1.165) is 21.9 Å². The van der Waals surface area contributed by atoms with Gasteiger partial charge in [0.05, 0.1) is 21.6 Å². The van der Waals surface area contributed by atoms with Gasteiger partial charge >= 0.3 is 0 Å². The lowest BCUT2D eigenvalue weighted by Gasteiger charge is -2.04. The lowest BCUT2D eigenvalue weighted by atomic mass is 10.1. The van der Waals surface area contributed by atoms with E-state index in [2.05, 4.69) is 9.97 Å². The van der Waals surface area contributed by atoms with Gasteiger partial charge in [-0.1, -0.05) is 29.5 Å². The Hall–Kier alpha value is -2.62. The molecule has 2 aromatic carbocycles. The second-order valence-electron chi connectivity index (χ2n) is 6.63. The molecule has 0 saturated carbocycles. The summed E-state index contributed by atoms with van der Waals surface area (Å²) in [7, 11) is -3.76. The second-order valence-corrected chi connectivity index (χ2v) is 9.14. The molecule has 0 aliphatic heterocycles. The van der Waals surface area contributed by atoms with Crippen molar-refractivity contribution in [1.29, 1.82) is 0 Å². The molecule has 0 fully saturated rings. The van der Waals surface area contributed by atoms with E-state index in [-0.39, 0.29) is 4.90 Å². The van der Waals surface area contributed by atoms with Crippen LogP contribution in [-0.2, 0) is 22.3 Å². The van der Waals surface area contributed by atoms with Crippen molar-refractivity contribution in [2.75, 3.05) is 0 Å². The number of thioether (sulfide) groups is 1. The first-order valence-corrected chi connectivity index (χ1v) is 11.6. The summed E-state index contributed by atoms with van der Waals surface area (Å²) in [6.45, 7) is 4.76. The molecule has 0 aliphatic carbocycles. The fourth-order valence-electron chi connectivity index (χ4n) is 3.02. The first kappa shape index (κ1) is 19.7. The number of hydrogen-bond donors (Lipinski definition) is 1. The Labute approximate surface area is 173 Å². The van der Waals surface area contributed by atoms with E-state index in [4.69, 9.17) is 9.56 Å². The molecule has 2 heterocycles. The number of nitrogens with zero attached hydrogens (tertiary/aromatic N) is 3. The molecule has 0 bridgehead atoms. The van der Waals surface area contributed by atoms with Gasteiger partial charge in [-0.05, 0) is 44.2 Å². The summed E-state index contributed by atoms with van der Waals surface area (Å²) in [6.07, 6.45) is 1.65. The zero-order valence-corrected chi connectivity index (χ0v) is 17.6. The van der Waals surface area contributed by atoms with Crippen molar-refractivity contribution in [3.63, 3.8) is 0 Å². The molecule has 150 valence electrons. The maximum absolute atomic E-state index is 11.6. The first-order chi connectivity index (χ1) is 13.8. The van der Waals surface area contributed by atoms with E-state index in [9.17, 15) is 8.42 Å². The average Bonchev–Trinajstić information content (AvgIpc) is 3.29. The summed E-state index contributed by atoms with van der Waals surface area (Å²) in [6, 6.07) is 12.8. The molecule has 0 saturated heterocycles. The molecule has 0 spiro atoms. The van der Waals surface area contributed by atoms with Crippen LogP contribution >= 0.6 is 11.8 Å². The van der Waals surface area contributed by atoms with Gasteiger partial charge in [0, 0.05) is 17.9 Å². The molecule has 4 rings (SSSR count). The number of aryl methyl sites for hydroxylation is 2. The number of sulfonamides is 1. The van der Waals surface area contributed by atoms with E-state index in [1.54, 1.807) is 12.3 Å². The minimum absolute atomic E-state index is 0.0570. The summed E-state index contributed by atoms with van der Waals surface area (Å²) in [4.78, 5) is 9.21. The number of benzene rings is 2. The number of rotatable bonds is 6. The Morgan fingerprint density at radius 2 is 1.90 bits per heavy atom. The van der Waals surface area contributed by atoms with Crippen LogP contribution < -0.4 is 5.14 Å². The molecular weight excluding hydrogens is 408 g/mol. The minimum atomic E-state index is -3.76. The topological polar surface area (TPSA) is 104 Å². The van der Waals surface area contributed by atoms with Crippen molar-refractivity contribution in [3.8, 4) is 11.5 Å². The zero-order valence-electron chi connectivity index (χ0n) is 16.0. The highest BCUT2D eigenvalue weighted by molar-refractivity contribution is 7.98. The van der Waals surface area contributed by atoms with Crippen LogP contribution in [0.2, 0.25) is 0 Å². The monoisotopic (exact) mass is 428 g/mol. The molecule has 2 aromatic heterocycles. The van der Waals surface area contributed by atoms with Crippen molar-refractivity contribution in [2.45, 2.75) is 36.2 Å². The summed E-state index contributed by atoms with van der Waals surface area (Å²) in [5.74, 6) is 1.17. The predicted molar refractivity (Wildman–Crippen MR) is 113 cm³/mol. The van der Waals surface area contributed by atoms with Crippen molar-refractivity contribution < 1.29 is 12.8 Å². The normalized spacial score (nSPS) is 12.0. The van der Waals surface area contributed by atoms with Gasteiger partial charge in [-0.15, -0.1) is 0 Å². The van der Waals surface area contributed by atoms with E-state index >= 15 is 0 Å². The SMILES string of the molecule is CCn1c(SCc2coc(-c3ccc(C)cc3)n2)nc2cc(S(N)(=O)=O)ccc21. The second kappa shape index (κ2) is 7.66. The maximum atomic E-state index is 11.6. The van der Waals surface area contributed by atoms with Crippen LogP contribution in [0.1, 0.15) is 18.2 Å². The lowest BCUT2D eigenvalue weighted by Crippen LogP contribution is -2.11. The van der Waals surface area contributed by atoms with E-state index in [1.807, 2.05) is 42.7 Å². The van der Waals surface area contributed by atoms with Gasteiger partial charge in [-0.2, -0.15) is 0 Å². The number of oxazole rings is 1. The van der Waals surface area contributed by atoms with E-state index in [0.29, 0.717) is 23.7 Å². The quantitative estimate of drug-likeness (QED) is 0.466. The number of nitrogens with two attached hydrogens (primary N) is 1. The number of hydrogen-bond acceptors (Lipinski definition) is 6. The van der Waals surface area contributed by atoms with Gasteiger partial charge in [-0.25, -0.2) is 23.5 Å². The third kappa shape index (κ3) is 4.07. The van der Waals surface area contributed by atoms with Crippen LogP contribution in [0, 0.1) is 6.92 Å². The number of imidazole rings is 1. The largest absolute Gasteiger partial charge is 0.444 e. The Morgan fingerprint density at radius 1 is 1.14 bits per heavy atom. The fourth-order valence-corrected chi connectivity index (χ4v) is 4.51. The standard InChI is InChI=1S/C20H20N4O3S2/c1-3-24-18-9-8-16(29(21,25)26)10-17(18)23-20(24)28-12-15-11-27-19(22-15)14-6-4-13(2)5-7-14/h4-11H,3,12H2,1-2H3,(H2,21,25,26). The highest BCUT2D eigenvalue weighted by atomic mass is 32.2. The predicted octanol–water partition coefficient (Wildman–Crippen LogP) is 3.96. The molecule has 0 radical (unpaired) electrons. The highest BCUT2D eigenvalue weighted by Crippen LogP contribution is 2.29. The van der Waals surface area contributed by atoms with Crippen LogP contribution in [0.4, 0.5) is 0 Å². The minimum Gasteiger partial charge on any atom is -0.444 e. The summed E-state index contributed by atoms with van der Waals surface area (Å²) in [5, 5.41) is 6.02. The van der Waals surface area contributed by atoms with E-state index in [1.165, 1.54) is 29.5 Å². The van der Waals surface area contributed by atoms with Crippen molar-refractivity contribution in [1.82, 2.24) is 14.5 Å². The molecule has 4 aromatic rings. The molecule has 0 aliphatic rings. The highest BCUT2D eigenvalue weighted by Gasteiger charge is 2.15. The Morgan fingerprint density at radius 3 is 2.59 bits per heavy atom. The summed E-state index contributed by atoms with van der Waals surface area (Å²) < 4.78 is 30.9. The number of fused-ring (bicyclic) bond motifs is 1. The average molecular weight is 429 g/mol. The molecule has 0 amide bonds. The third-order valence-electron chi connectivity index (χ3n) is 4.53. The molecular formula is C20H20N4O3S2. The van der Waals surface area contributed by atoms with Gasteiger partial charge in [0.25, 0.3) is 0 Å². The Kier molecular flexibility index (Phi) is 5.20. The Balaban J connectivity index is 1.57. The van der Waals surface area contributed by atoms with Gasteiger partial charge < -0.3 is 8.98 Å². The summed E-state index contributed by atoms with van der Waals surface area (Å²) >= 11 is 1.52. The van der Waals surface area contributed by atoms with Crippen LogP contribution in [-0.4, -0.2) is 23.0 Å². The number of aromatic nitrogens is 3. The molecule has 0 atom stereocenters. The smallest absolute Gasteiger partial charge is 0.238 e.